The van der Waals surface area contributed by atoms with Crippen LogP contribution < -0.4 is 0 Å². The molecule has 1 aliphatic rings. The van der Waals surface area contributed by atoms with Gasteiger partial charge in [0.15, 0.2) is 0 Å². The zero-order chi connectivity index (χ0) is 12.8. The van der Waals surface area contributed by atoms with E-state index in [-0.39, 0.29) is 5.41 Å². The molecule has 0 radical (unpaired) electrons. The van der Waals surface area contributed by atoms with Crippen LogP contribution in [-0.2, 0) is 5.41 Å². The van der Waals surface area contributed by atoms with Crippen molar-refractivity contribution in [2.75, 3.05) is 0 Å². The van der Waals surface area contributed by atoms with Crippen molar-refractivity contribution in [3.63, 3.8) is 0 Å². The maximum Gasteiger partial charge on any atom is 0.119 e. The van der Waals surface area contributed by atoms with E-state index >= 15 is 0 Å². The lowest BCUT2D eigenvalue weighted by atomic mass is 9.76. The standard InChI is InChI=1S/C15H20O2/c1-10-5-6-12(13(16)9-10)14(3)7-8-15(4,17)11(14)2/h5-6,9,16-17H,2,7-8H2,1,3-4H3/t14-,15+/m1/s1. The Kier molecular flexibility index (Phi) is 2.58. The minimum Gasteiger partial charge on any atom is -0.508 e. The van der Waals surface area contributed by atoms with Crippen molar-refractivity contribution in [1.29, 1.82) is 0 Å². The molecule has 2 rings (SSSR count). The highest BCUT2D eigenvalue weighted by atomic mass is 16.3. The molecule has 2 N–H and O–H groups in total. The monoisotopic (exact) mass is 232 g/mol. The van der Waals surface area contributed by atoms with Crippen molar-refractivity contribution in [2.45, 2.75) is 44.6 Å². The molecule has 17 heavy (non-hydrogen) atoms. The van der Waals surface area contributed by atoms with Gasteiger partial charge in [0.2, 0.25) is 0 Å². The molecular weight excluding hydrogens is 212 g/mol. The fourth-order valence-corrected chi connectivity index (χ4v) is 2.80. The van der Waals surface area contributed by atoms with Crippen LogP contribution in [0.2, 0.25) is 0 Å². The molecule has 0 amide bonds. The number of rotatable bonds is 1. The number of aryl methyl sites for hydroxylation is 1. The molecule has 1 aliphatic carbocycles. The van der Waals surface area contributed by atoms with E-state index in [1.165, 1.54) is 0 Å². The average molecular weight is 232 g/mol. The second-order valence-corrected chi connectivity index (χ2v) is 5.61. The van der Waals surface area contributed by atoms with Gasteiger partial charge < -0.3 is 10.2 Å². The minimum absolute atomic E-state index is 0.298. The molecule has 0 unspecified atom stereocenters. The summed E-state index contributed by atoms with van der Waals surface area (Å²) >= 11 is 0. The Morgan fingerprint density at radius 1 is 1.24 bits per heavy atom. The zero-order valence-corrected chi connectivity index (χ0v) is 10.7. The molecule has 2 atom stereocenters. The minimum atomic E-state index is -0.827. The quantitative estimate of drug-likeness (QED) is 0.731. The highest BCUT2D eigenvalue weighted by Gasteiger charge is 2.47. The van der Waals surface area contributed by atoms with E-state index in [0.717, 1.165) is 23.1 Å². The number of phenols is 1. The van der Waals surface area contributed by atoms with Crippen molar-refractivity contribution in [2.24, 2.45) is 0 Å². The molecule has 0 aliphatic heterocycles. The largest absolute Gasteiger partial charge is 0.508 e. The van der Waals surface area contributed by atoms with Gasteiger partial charge in [-0.2, -0.15) is 0 Å². The third kappa shape index (κ3) is 1.77. The first kappa shape index (κ1) is 12.2. The van der Waals surface area contributed by atoms with E-state index < -0.39 is 5.60 Å². The normalized spacial score (nSPS) is 33.1. The average Bonchev–Trinajstić information content (AvgIpc) is 2.43. The highest BCUT2D eigenvalue weighted by molar-refractivity contribution is 5.49. The summed E-state index contributed by atoms with van der Waals surface area (Å²) in [5, 5.41) is 20.3. The molecule has 2 heteroatoms. The molecule has 0 spiro atoms. The summed E-state index contributed by atoms with van der Waals surface area (Å²) in [5.41, 5.74) is 1.54. The van der Waals surface area contributed by atoms with Crippen molar-refractivity contribution in [3.05, 3.63) is 41.5 Å². The molecule has 2 nitrogen and oxygen atoms in total. The number of aromatic hydroxyl groups is 1. The highest BCUT2D eigenvalue weighted by Crippen LogP contribution is 2.51. The van der Waals surface area contributed by atoms with Gasteiger partial charge in [0.05, 0.1) is 5.60 Å². The van der Waals surface area contributed by atoms with E-state index in [9.17, 15) is 10.2 Å². The summed E-state index contributed by atoms with van der Waals surface area (Å²) in [6.07, 6.45) is 1.51. The SMILES string of the molecule is C=C1[C@@](C)(O)CC[C@@]1(C)c1ccc(C)cc1O. The molecule has 0 bridgehead atoms. The number of benzene rings is 1. The first-order valence-electron chi connectivity index (χ1n) is 6.00. The van der Waals surface area contributed by atoms with Crippen LogP contribution in [0.1, 0.15) is 37.8 Å². The number of aliphatic hydroxyl groups is 1. The fourth-order valence-electron chi connectivity index (χ4n) is 2.80. The second-order valence-electron chi connectivity index (χ2n) is 5.61. The van der Waals surface area contributed by atoms with Crippen molar-refractivity contribution < 1.29 is 10.2 Å². The third-order valence-electron chi connectivity index (χ3n) is 4.18. The summed E-state index contributed by atoms with van der Waals surface area (Å²) in [4.78, 5) is 0. The molecule has 1 aromatic rings. The predicted molar refractivity (Wildman–Crippen MR) is 69.2 cm³/mol. The van der Waals surface area contributed by atoms with Gasteiger partial charge in [-0.15, -0.1) is 0 Å². The topological polar surface area (TPSA) is 40.5 Å². The molecular formula is C15H20O2. The van der Waals surface area contributed by atoms with Crippen LogP contribution in [0.15, 0.2) is 30.4 Å². The van der Waals surface area contributed by atoms with E-state index in [2.05, 4.69) is 6.58 Å². The molecule has 1 saturated carbocycles. The predicted octanol–water partition coefficient (Wildman–Crippen LogP) is 3.06. The second kappa shape index (κ2) is 3.61. The fraction of sp³-hybridized carbons (Fsp3) is 0.467. The van der Waals surface area contributed by atoms with Gasteiger partial charge in [0, 0.05) is 11.0 Å². The van der Waals surface area contributed by atoms with Gasteiger partial charge >= 0.3 is 0 Å². The van der Waals surface area contributed by atoms with Gasteiger partial charge in [0.25, 0.3) is 0 Å². The van der Waals surface area contributed by atoms with Crippen molar-refractivity contribution >= 4 is 0 Å². The van der Waals surface area contributed by atoms with E-state index in [4.69, 9.17) is 0 Å². The third-order valence-corrected chi connectivity index (χ3v) is 4.18. The lowest BCUT2D eigenvalue weighted by Gasteiger charge is -2.30. The Morgan fingerprint density at radius 3 is 2.35 bits per heavy atom. The number of phenolic OH excluding ortho intramolecular Hbond substituents is 1. The molecule has 1 fully saturated rings. The first-order valence-corrected chi connectivity index (χ1v) is 6.00. The lowest BCUT2D eigenvalue weighted by molar-refractivity contribution is 0.105. The van der Waals surface area contributed by atoms with Gasteiger partial charge in [0.1, 0.15) is 5.75 Å². The van der Waals surface area contributed by atoms with E-state index in [1.807, 2.05) is 26.0 Å². The molecule has 0 heterocycles. The Bertz CT molecular complexity index is 474. The molecule has 92 valence electrons. The van der Waals surface area contributed by atoms with E-state index in [0.29, 0.717) is 12.2 Å². The number of hydrogen-bond acceptors (Lipinski definition) is 2. The van der Waals surface area contributed by atoms with Crippen LogP contribution in [0, 0.1) is 6.92 Å². The van der Waals surface area contributed by atoms with Crippen molar-refractivity contribution in [1.82, 2.24) is 0 Å². The van der Waals surface area contributed by atoms with Crippen LogP contribution in [0.4, 0.5) is 0 Å². The molecule has 0 saturated heterocycles. The van der Waals surface area contributed by atoms with Crippen LogP contribution in [-0.4, -0.2) is 15.8 Å². The zero-order valence-electron chi connectivity index (χ0n) is 10.7. The van der Waals surface area contributed by atoms with E-state index in [1.54, 1.807) is 13.0 Å². The Morgan fingerprint density at radius 2 is 1.88 bits per heavy atom. The molecule has 0 aromatic heterocycles. The lowest BCUT2D eigenvalue weighted by Crippen LogP contribution is -2.28. The first-order chi connectivity index (χ1) is 7.77. The maximum absolute atomic E-state index is 10.2. The summed E-state index contributed by atoms with van der Waals surface area (Å²) in [6, 6.07) is 5.69. The number of hydrogen-bond donors (Lipinski definition) is 2. The Balaban J connectivity index is 2.50. The maximum atomic E-state index is 10.2. The summed E-state index contributed by atoms with van der Waals surface area (Å²) in [5.74, 6) is 0.298. The van der Waals surface area contributed by atoms with Crippen LogP contribution >= 0.6 is 0 Å². The van der Waals surface area contributed by atoms with Gasteiger partial charge in [-0.1, -0.05) is 25.6 Å². The molecule has 1 aromatic carbocycles. The summed E-state index contributed by atoms with van der Waals surface area (Å²) in [7, 11) is 0. The van der Waals surface area contributed by atoms with Gasteiger partial charge in [-0.25, -0.2) is 0 Å². The van der Waals surface area contributed by atoms with Gasteiger partial charge in [-0.3, -0.25) is 0 Å². The van der Waals surface area contributed by atoms with Gasteiger partial charge in [-0.05, 0) is 43.9 Å². The summed E-state index contributed by atoms with van der Waals surface area (Å²) in [6.45, 7) is 9.83. The smallest absolute Gasteiger partial charge is 0.119 e. The van der Waals surface area contributed by atoms with Crippen LogP contribution in [0.5, 0.6) is 5.75 Å². The van der Waals surface area contributed by atoms with Crippen LogP contribution in [0.25, 0.3) is 0 Å². The summed E-state index contributed by atoms with van der Waals surface area (Å²) < 4.78 is 0. The van der Waals surface area contributed by atoms with Crippen molar-refractivity contribution in [3.8, 4) is 5.75 Å². The Hall–Kier alpha value is -1.28. The van der Waals surface area contributed by atoms with Crippen LogP contribution in [0.3, 0.4) is 0 Å². The Labute approximate surface area is 103 Å².